The number of quaternary nitrogens is 1. The van der Waals surface area contributed by atoms with E-state index in [9.17, 15) is 10.3 Å². The average Bonchev–Trinajstić information content (AvgIpc) is 2.25. The fourth-order valence-electron chi connectivity index (χ4n) is 1.63. The minimum Gasteiger partial charge on any atom is -0.430 e. The molecule has 0 aromatic heterocycles. The maximum Gasteiger partial charge on any atom is 0.0633 e. The van der Waals surface area contributed by atoms with Crippen LogP contribution in [0.15, 0.2) is 0 Å². The van der Waals surface area contributed by atoms with Crippen LogP contribution in [0, 0.1) is 0 Å². The second-order valence-electron chi connectivity index (χ2n) is 5.66. The minimum absolute atomic E-state index is 0.00826. The summed E-state index contributed by atoms with van der Waals surface area (Å²) in [5, 5.41) is 20.6. The Morgan fingerprint density at radius 2 is 1.76 bits per heavy atom. The molecule has 0 saturated heterocycles. The van der Waals surface area contributed by atoms with Gasteiger partial charge in [-0.1, -0.05) is 0 Å². The third kappa shape index (κ3) is 4.87. The van der Waals surface area contributed by atoms with Crippen molar-refractivity contribution in [3.05, 3.63) is 5.59 Å². The van der Waals surface area contributed by atoms with Gasteiger partial charge in [-0.2, -0.15) is 5.28 Å². The highest BCUT2D eigenvalue weighted by Crippen LogP contribution is 2.21. The van der Waals surface area contributed by atoms with Crippen LogP contribution >= 0.6 is 0 Å². The fraction of sp³-hybridized carbons (Fsp3) is 1.00. The molecule has 1 rings (SSSR count). The largest absolute Gasteiger partial charge is 0.430 e. The third-order valence-corrected chi connectivity index (χ3v) is 3.23. The molecule has 0 heterocycles. The molecule has 3 N–H and O–H groups in total. The molecule has 0 aliphatic heterocycles. The van der Waals surface area contributed by atoms with Crippen molar-refractivity contribution in [2.24, 2.45) is 0 Å². The van der Waals surface area contributed by atoms with Crippen molar-refractivity contribution in [1.82, 2.24) is 5.01 Å². The summed E-state index contributed by atoms with van der Waals surface area (Å²) in [6, 6.07) is 0. The molecular weight excluding hydrogens is 222 g/mol. The van der Waals surface area contributed by atoms with Gasteiger partial charge < -0.3 is 9.94 Å². The summed E-state index contributed by atoms with van der Waals surface area (Å²) in [7, 11) is 1.77. The van der Waals surface area contributed by atoms with Crippen LogP contribution in [0.1, 0.15) is 46.5 Å². The first-order chi connectivity index (χ1) is 7.80. The van der Waals surface area contributed by atoms with Crippen LogP contribution in [-0.4, -0.2) is 40.1 Å². The maximum absolute atomic E-state index is 9.74. The van der Waals surface area contributed by atoms with Gasteiger partial charge in [0.15, 0.2) is 0 Å². The number of nitrogens with one attached hydrogen (secondary N) is 1. The Kier molecular flexibility index (Phi) is 5.30. The molecule has 0 radical (unpaired) electrons. The number of nitrogens with zero attached hydrogens (tertiary/aromatic N) is 2. The van der Waals surface area contributed by atoms with Crippen molar-refractivity contribution in [2.75, 3.05) is 7.05 Å². The van der Waals surface area contributed by atoms with Gasteiger partial charge in [-0.05, 0) is 46.5 Å². The van der Waals surface area contributed by atoms with Gasteiger partial charge in [0, 0.05) is 13.2 Å². The van der Waals surface area contributed by atoms with E-state index in [1.54, 1.807) is 12.1 Å². The standard InChI is InChI=1S/C11H25N3O3/c1-11(2,3)13(4)14(16)12-17-10-7-5-9(15)6-8-10/h9-10,14-16H,5-8H2,1-4H3. The first-order valence-electron chi connectivity index (χ1n) is 6.15. The van der Waals surface area contributed by atoms with Crippen molar-refractivity contribution < 1.29 is 20.4 Å². The van der Waals surface area contributed by atoms with Gasteiger partial charge in [0.25, 0.3) is 0 Å². The summed E-state index contributed by atoms with van der Waals surface area (Å²) in [6.07, 6.45) is 2.87. The van der Waals surface area contributed by atoms with E-state index in [4.69, 9.17) is 4.84 Å². The normalized spacial score (nSPS) is 28.4. The van der Waals surface area contributed by atoms with Gasteiger partial charge in [0.05, 0.1) is 11.6 Å². The topological polar surface area (TPSA) is 71.5 Å². The molecule has 6 heteroatoms. The maximum atomic E-state index is 9.74. The Bertz CT molecular complexity index is 224. The number of hydrogen-bond acceptors (Lipinski definition) is 4. The predicted octanol–water partition coefficient (Wildman–Crippen LogP) is 0.430. The zero-order valence-electron chi connectivity index (χ0n) is 11.2. The Morgan fingerprint density at radius 3 is 2.24 bits per heavy atom. The molecule has 1 fully saturated rings. The summed E-state index contributed by atoms with van der Waals surface area (Å²) < 4.78 is 0. The van der Waals surface area contributed by atoms with Crippen LogP contribution in [0.2, 0.25) is 0 Å². The van der Waals surface area contributed by atoms with Gasteiger partial charge in [0.2, 0.25) is 0 Å². The zero-order chi connectivity index (χ0) is 13.1. The summed E-state index contributed by atoms with van der Waals surface area (Å²) in [5.74, 6) is 0. The van der Waals surface area contributed by atoms with Crippen molar-refractivity contribution >= 4 is 0 Å². The summed E-state index contributed by atoms with van der Waals surface area (Å²) in [5.41, 5.74) is 3.56. The Hall–Kier alpha value is -0.240. The molecule has 17 heavy (non-hydrogen) atoms. The summed E-state index contributed by atoms with van der Waals surface area (Å²) in [6.45, 7) is 5.95. The van der Waals surface area contributed by atoms with Crippen molar-refractivity contribution in [3.63, 3.8) is 0 Å². The minimum atomic E-state index is -0.204. The van der Waals surface area contributed by atoms with E-state index < -0.39 is 0 Å². The van der Waals surface area contributed by atoms with Crippen molar-refractivity contribution in [1.29, 1.82) is 0 Å². The third-order valence-electron chi connectivity index (χ3n) is 3.23. The molecule has 1 aliphatic carbocycles. The molecule has 0 spiro atoms. The van der Waals surface area contributed by atoms with E-state index in [0.717, 1.165) is 25.7 Å². The molecule has 1 unspecified atom stereocenters. The Morgan fingerprint density at radius 1 is 1.24 bits per heavy atom. The molecule has 6 nitrogen and oxygen atoms in total. The molecule has 1 atom stereocenters. The van der Waals surface area contributed by atoms with Gasteiger partial charge in [0.1, 0.15) is 0 Å². The lowest BCUT2D eigenvalue weighted by atomic mass is 9.95. The molecule has 0 bridgehead atoms. The molecular formula is C11H25N3O3. The van der Waals surface area contributed by atoms with Crippen LogP contribution in [0.3, 0.4) is 0 Å². The number of hydrogen-bond donors (Lipinski definition) is 3. The molecule has 0 amide bonds. The van der Waals surface area contributed by atoms with Crippen LogP contribution in [0.4, 0.5) is 0 Å². The van der Waals surface area contributed by atoms with Gasteiger partial charge >= 0.3 is 0 Å². The van der Waals surface area contributed by atoms with Crippen LogP contribution in [0.25, 0.3) is 5.59 Å². The first kappa shape index (κ1) is 14.8. The number of aliphatic hydroxyl groups is 1. The average molecular weight is 247 g/mol. The Labute approximate surface area is 103 Å². The van der Waals surface area contributed by atoms with E-state index in [1.807, 2.05) is 20.8 Å². The highest BCUT2D eigenvalue weighted by molar-refractivity contribution is 4.72. The smallest absolute Gasteiger partial charge is 0.0633 e. The quantitative estimate of drug-likeness (QED) is 0.630. The second kappa shape index (κ2) is 6.08. The molecule has 1 saturated carbocycles. The second-order valence-corrected chi connectivity index (χ2v) is 5.66. The van der Waals surface area contributed by atoms with E-state index in [2.05, 4.69) is 5.59 Å². The van der Waals surface area contributed by atoms with Crippen molar-refractivity contribution in [2.45, 2.75) is 64.2 Å². The lowest BCUT2D eigenvalue weighted by Crippen LogP contribution is -3.13. The molecule has 102 valence electrons. The van der Waals surface area contributed by atoms with Gasteiger partial charge in [-0.3, -0.25) is 5.59 Å². The number of aliphatic hydroxyl groups excluding tert-OH is 1. The summed E-state index contributed by atoms with van der Waals surface area (Å²) >= 11 is 0. The van der Waals surface area contributed by atoms with E-state index >= 15 is 0 Å². The van der Waals surface area contributed by atoms with E-state index in [0.29, 0.717) is 0 Å². The van der Waals surface area contributed by atoms with Crippen LogP contribution < -0.4 is 5.28 Å². The first-order valence-corrected chi connectivity index (χ1v) is 6.15. The van der Waals surface area contributed by atoms with Gasteiger partial charge in [-0.15, -0.1) is 5.01 Å². The monoisotopic (exact) mass is 247 g/mol. The highest BCUT2D eigenvalue weighted by atomic mass is 16.8. The molecule has 0 aromatic rings. The Balaban J connectivity index is 2.26. The number of rotatable bonds is 4. The molecule has 1 aliphatic rings. The summed E-state index contributed by atoms with van der Waals surface area (Å²) in [4.78, 5) is 5.29. The fourth-order valence-corrected chi connectivity index (χ4v) is 1.63. The SMILES string of the molecule is CN([NH+](O)[N-]OC1CCC(O)CC1)C(C)(C)C. The van der Waals surface area contributed by atoms with Crippen LogP contribution in [-0.2, 0) is 4.84 Å². The molecule has 0 aromatic carbocycles. The van der Waals surface area contributed by atoms with Gasteiger partial charge in [-0.25, -0.2) is 5.21 Å². The zero-order valence-corrected chi connectivity index (χ0v) is 11.2. The van der Waals surface area contributed by atoms with Crippen molar-refractivity contribution in [3.8, 4) is 0 Å². The van der Waals surface area contributed by atoms with Crippen LogP contribution in [0.5, 0.6) is 0 Å². The lowest BCUT2D eigenvalue weighted by molar-refractivity contribution is -1.16. The van der Waals surface area contributed by atoms with E-state index in [1.165, 1.54) is 0 Å². The lowest BCUT2D eigenvalue weighted by Gasteiger charge is -2.40. The highest BCUT2D eigenvalue weighted by Gasteiger charge is 2.24. The van der Waals surface area contributed by atoms with E-state index in [-0.39, 0.29) is 23.0 Å². The predicted molar refractivity (Wildman–Crippen MR) is 63.0 cm³/mol.